The quantitative estimate of drug-likeness (QED) is 0.764. The highest BCUT2D eigenvalue weighted by atomic mass is 32.2. The number of hydrogen-bond acceptors (Lipinski definition) is 4. The second kappa shape index (κ2) is 8.17. The highest BCUT2D eigenvalue weighted by Crippen LogP contribution is 2.27. The van der Waals surface area contributed by atoms with Gasteiger partial charge in [-0.2, -0.15) is 17.0 Å². The van der Waals surface area contributed by atoms with Crippen LogP contribution in [0.1, 0.15) is 57.0 Å². The lowest BCUT2D eigenvalue weighted by atomic mass is 9.97. The Morgan fingerprint density at radius 3 is 2.35 bits per heavy atom. The van der Waals surface area contributed by atoms with Crippen LogP contribution in [0, 0.1) is 6.92 Å². The number of aryl methyl sites for hydroxylation is 1. The lowest BCUT2D eigenvalue weighted by Crippen LogP contribution is -2.47. The van der Waals surface area contributed by atoms with Crippen LogP contribution >= 0.6 is 0 Å². The summed E-state index contributed by atoms with van der Waals surface area (Å²) >= 11 is 0. The van der Waals surface area contributed by atoms with Crippen molar-refractivity contribution in [3.8, 4) is 0 Å². The summed E-state index contributed by atoms with van der Waals surface area (Å²) in [6.45, 7) is 8.27. The van der Waals surface area contributed by atoms with Gasteiger partial charge in [-0.3, -0.25) is 0 Å². The molecule has 6 nitrogen and oxygen atoms in total. The summed E-state index contributed by atoms with van der Waals surface area (Å²) in [4.78, 5) is 8.84. The van der Waals surface area contributed by atoms with Gasteiger partial charge in [0.05, 0.1) is 0 Å². The van der Waals surface area contributed by atoms with Crippen LogP contribution in [0.3, 0.4) is 0 Å². The first-order chi connectivity index (χ1) is 11.0. The smallest absolute Gasteiger partial charge is 0.241 e. The molecule has 1 aliphatic heterocycles. The summed E-state index contributed by atoms with van der Waals surface area (Å²) < 4.78 is 28.8. The van der Waals surface area contributed by atoms with Gasteiger partial charge in [0.2, 0.25) is 0 Å². The van der Waals surface area contributed by atoms with Crippen molar-refractivity contribution in [2.45, 2.75) is 52.4 Å². The summed E-state index contributed by atoms with van der Waals surface area (Å²) in [6, 6.07) is 1.89. The van der Waals surface area contributed by atoms with E-state index in [1.165, 1.54) is 0 Å². The molecule has 7 heteroatoms. The van der Waals surface area contributed by atoms with Crippen LogP contribution in [-0.4, -0.2) is 53.2 Å². The summed E-state index contributed by atoms with van der Waals surface area (Å²) in [5.41, 5.74) is 0.960. The SMILES string of the molecule is CCCN(CCC)S(=O)(=O)N1CCC(c2nccc(C)n2)CC1. The Labute approximate surface area is 140 Å². The van der Waals surface area contributed by atoms with Gasteiger partial charge in [0.1, 0.15) is 5.82 Å². The predicted octanol–water partition coefficient (Wildman–Crippen LogP) is 2.33. The van der Waals surface area contributed by atoms with Gasteiger partial charge in [-0.1, -0.05) is 13.8 Å². The van der Waals surface area contributed by atoms with Crippen molar-refractivity contribution in [2.24, 2.45) is 0 Å². The Morgan fingerprint density at radius 1 is 1.22 bits per heavy atom. The van der Waals surface area contributed by atoms with E-state index in [1.807, 2.05) is 26.8 Å². The van der Waals surface area contributed by atoms with Crippen molar-refractivity contribution in [2.75, 3.05) is 26.2 Å². The second-order valence-electron chi connectivity index (χ2n) is 6.14. The van der Waals surface area contributed by atoms with E-state index in [0.29, 0.717) is 26.2 Å². The van der Waals surface area contributed by atoms with Crippen LogP contribution in [0.2, 0.25) is 0 Å². The Bertz CT molecular complexity index is 592. The minimum absolute atomic E-state index is 0.257. The van der Waals surface area contributed by atoms with Gasteiger partial charge in [-0.05, 0) is 38.7 Å². The molecular formula is C16H28N4O2S. The van der Waals surface area contributed by atoms with E-state index in [-0.39, 0.29) is 5.92 Å². The molecule has 1 aromatic rings. The number of aromatic nitrogens is 2. The molecule has 0 amide bonds. The molecule has 0 aromatic carbocycles. The maximum Gasteiger partial charge on any atom is 0.281 e. The third-order valence-corrected chi connectivity index (χ3v) is 6.27. The Hall–Kier alpha value is -1.05. The van der Waals surface area contributed by atoms with Crippen LogP contribution in [-0.2, 0) is 10.2 Å². The fraction of sp³-hybridized carbons (Fsp3) is 0.750. The molecule has 2 heterocycles. The average Bonchev–Trinajstić information content (AvgIpc) is 2.55. The topological polar surface area (TPSA) is 66.4 Å². The fourth-order valence-electron chi connectivity index (χ4n) is 3.01. The minimum Gasteiger partial charge on any atom is -0.241 e. The van der Waals surface area contributed by atoms with Crippen molar-refractivity contribution in [1.29, 1.82) is 0 Å². The molecular weight excluding hydrogens is 312 g/mol. The Balaban J connectivity index is 2.02. The highest BCUT2D eigenvalue weighted by molar-refractivity contribution is 7.86. The number of nitrogens with zero attached hydrogens (tertiary/aromatic N) is 4. The van der Waals surface area contributed by atoms with Gasteiger partial charge >= 0.3 is 0 Å². The van der Waals surface area contributed by atoms with E-state index in [9.17, 15) is 8.42 Å². The third kappa shape index (κ3) is 4.49. The molecule has 0 atom stereocenters. The van der Waals surface area contributed by atoms with Crippen LogP contribution in [0.5, 0.6) is 0 Å². The van der Waals surface area contributed by atoms with E-state index in [1.54, 1.807) is 14.8 Å². The Kier molecular flexibility index (Phi) is 6.50. The zero-order valence-corrected chi connectivity index (χ0v) is 15.2. The highest BCUT2D eigenvalue weighted by Gasteiger charge is 2.33. The molecule has 1 aliphatic rings. The predicted molar refractivity (Wildman–Crippen MR) is 91.4 cm³/mol. The minimum atomic E-state index is -3.34. The zero-order valence-electron chi connectivity index (χ0n) is 14.4. The standard InChI is InChI=1S/C16H28N4O2S/c1-4-10-19(11-5-2)23(21,22)20-12-7-15(8-13-20)16-17-9-6-14(3)18-16/h6,9,15H,4-5,7-8,10-13H2,1-3H3. The summed E-state index contributed by atoms with van der Waals surface area (Å²) in [6.07, 6.45) is 5.04. The average molecular weight is 340 g/mol. The van der Waals surface area contributed by atoms with E-state index >= 15 is 0 Å². The molecule has 0 saturated carbocycles. The third-order valence-electron chi connectivity index (χ3n) is 4.23. The van der Waals surface area contributed by atoms with E-state index in [2.05, 4.69) is 9.97 Å². The van der Waals surface area contributed by atoms with Crippen LogP contribution in [0.4, 0.5) is 0 Å². The van der Waals surface area contributed by atoms with Gasteiger partial charge in [0.25, 0.3) is 10.2 Å². The second-order valence-corrected chi connectivity index (χ2v) is 8.06. The normalized spacial score (nSPS) is 17.7. The Morgan fingerprint density at radius 2 is 1.83 bits per heavy atom. The molecule has 0 radical (unpaired) electrons. The van der Waals surface area contributed by atoms with Crippen molar-refractivity contribution < 1.29 is 8.42 Å². The summed E-state index contributed by atoms with van der Waals surface area (Å²) in [7, 11) is -3.34. The van der Waals surface area contributed by atoms with Crippen LogP contribution in [0.15, 0.2) is 12.3 Å². The van der Waals surface area contributed by atoms with E-state index in [0.717, 1.165) is 37.2 Å². The van der Waals surface area contributed by atoms with Crippen LogP contribution in [0.25, 0.3) is 0 Å². The largest absolute Gasteiger partial charge is 0.281 e. The molecule has 1 fully saturated rings. The first-order valence-electron chi connectivity index (χ1n) is 8.53. The molecule has 2 rings (SSSR count). The van der Waals surface area contributed by atoms with Crippen molar-refractivity contribution in [1.82, 2.24) is 18.6 Å². The van der Waals surface area contributed by atoms with Crippen molar-refractivity contribution >= 4 is 10.2 Å². The lowest BCUT2D eigenvalue weighted by Gasteiger charge is -2.34. The zero-order chi connectivity index (χ0) is 16.9. The molecule has 1 saturated heterocycles. The summed E-state index contributed by atoms with van der Waals surface area (Å²) in [5, 5.41) is 0. The van der Waals surface area contributed by atoms with Gasteiger partial charge in [0, 0.05) is 44.0 Å². The molecule has 0 spiro atoms. The monoisotopic (exact) mass is 340 g/mol. The van der Waals surface area contributed by atoms with Crippen molar-refractivity contribution in [3.05, 3.63) is 23.8 Å². The van der Waals surface area contributed by atoms with Crippen molar-refractivity contribution in [3.63, 3.8) is 0 Å². The van der Waals surface area contributed by atoms with E-state index in [4.69, 9.17) is 0 Å². The van der Waals surface area contributed by atoms with Gasteiger partial charge < -0.3 is 0 Å². The molecule has 0 bridgehead atoms. The molecule has 0 unspecified atom stereocenters. The van der Waals surface area contributed by atoms with Gasteiger partial charge in [-0.25, -0.2) is 9.97 Å². The first-order valence-corrected chi connectivity index (χ1v) is 9.93. The maximum atomic E-state index is 12.8. The summed E-state index contributed by atoms with van der Waals surface area (Å²) in [5.74, 6) is 1.10. The van der Waals surface area contributed by atoms with Crippen LogP contribution < -0.4 is 0 Å². The maximum absolute atomic E-state index is 12.8. The fourth-order valence-corrected chi connectivity index (χ4v) is 4.84. The molecule has 23 heavy (non-hydrogen) atoms. The number of piperidine rings is 1. The van der Waals surface area contributed by atoms with E-state index < -0.39 is 10.2 Å². The molecule has 130 valence electrons. The molecule has 1 aromatic heterocycles. The number of hydrogen-bond donors (Lipinski definition) is 0. The first kappa shape index (κ1) is 18.3. The molecule has 0 aliphatic carbocycles. The van der Waals surface area contributed by atoms with Gasteiger partial charge in [-0.15, -0.1) is 0 Å². The number of rotatable bonds is 7. The molecule has 0 N–H and O–H groups in total. The van der Waals surface area contributed by atoms with Gasteiger partial charge in [0.15, 0.2) is 0 Å². The lowest BCUT2D eigenvalue weighted by molar-refractivity contribution is 0.281.